The average Bonchev–Trinajstić information content (AvgIpc) is 2.66. The maximum Gasteiger partial charge on any atom is 0.338 e. The van der Waals surface area contributed by atoms with Crippen molar-refractivity contribution in [3.05, 3.63) is 0 Å². The molecule has 4 nitrogen and oxygen atoms in total. The van der Waals surface area contributed by atoms with Crippen LogP contribution in [-0.4, -0.2) is 35.0 Å². The lowest BCUT2D eigenvalue weighted by Crippen LogP contribution is -2.32. The van der Waals surface area contributed by atoms with Crippen LogP contribution in [0.4, 0.5) is 0 Å². The number of carboxylic acids is 1. The Morgan fingerprint density at radius 1 is 1.82 bits per heavy atom. The highest BCUT2D eigenvalue weighted by atomic mass is 16.6. The van der Waals surface area contributed by atoms with Crippen LogP contribution in [0.25, 0.3) is 0 Å². The molecule has 2 atom stereocenters. The smallest absolute Gasteiger partial charge is 0.338 e. The van der Waals surface area contributed by atoms with Gasteiger partial charge in [0.25, 0.3) is 0 Å². The normalized spacial score (nSPS) is 31.5. The monoisotopic (exact) mass is 160 g/mol. The summed E-state index contributed by atoms with van der Waals surface area (Å²) in [6.07, 6.45) is 0.478. The van der Waals surface area contributed by atoms with Crippen molar-refractivity contribution in [1.82, 2.24) is 0 Å². The highest BCUT2D eigenvalue weighted by Gasteiger charge is 2.56. The van der Waals surface area contributed by atoms with Crippen molar-refractivity contribution in [3.8, 4) is 0 Å². The summed E-state index contributed by atoms with van der Waals surface area (Å²) in [5, 5.41) is 17.3. The van der Waals surface area contributed by atoms with Crippen LogP contribution in [0.5, 0.6) is 0 Å². The van der Waals surface area contributed by atoms with E-state index in [0.29, 0.717) is 6.42 Å². The number of ether oxygens (including phenoxy) is 1. The second-order valence-corrected chi connectivity index (χ2v) is 2.90. The number of aliphatic carboxylic acids is 1. The minimum atomic E-state index is -0.983. The van der Waals surface area contributed by atoms with Crippen LogP contribution in [0.15, 0.2) is 0 Å². The zero-order valence-corrected chi connectivity index (χ0v) is 6.41. The molecule has 1 saturated heterocycles. The molecule has 0 aromatic rings. The number of carbonyl (C=O) groups is 1. The molecule has 0 amide bonds. The Morgan fingerprint density at radius 3 is 2.64 bits per heavy atom. The van der Waals surface area contributed by atoms with E-state index in [4.69, 9.17) is 14.9 Å². The van der Waals surface area contributed by atoms with Crippen molar-refractivity contribution in [1.29, 1.82) is 0 Å². The number of hydrogen-bond donors (Lipinski definition) is 2. The fraction of sp³-hybridized carbons (Fsp3) is 0.857. The van der Waals surface area contributed by atoms with Crippen molar-refractivity contribution >= 4 is 5.97 Å². The highest BCUT2D eigenvalue weighted by Crippen LogP contribution is 2.37. The molecule has 1 heterocycles. The fourth-order valence-corrected chi connectivity index (χ4v) is 1.12. The van der Waals surface area contributed by atoms with Gasteiger partial charge in [-0.15, -0.1) is 0 Å². The van der Waals surface area contributed by atoms with E-state index >= 15 is 0 Å². The van der Waals surface area contributed by atoms with E-state index in [0.717, 1.165) is 0 Å². The van der Waals surface area contributed by atoms with Gasteiger partial charge in [-0.3, -0.25) is 0 Å². The van der Waals surface area contributed by atoms with E-state index < -0.39 is 11.6 Å². The largest absolute Gasteiger partial charge is 0.479 e. The van der Waals surface area contributed by atoms with E-state index in [2.05, 4.69) is 0 Å². The molecule has 64 valence electrons. The quantitative estimate of drug-likeness (QED) is 0.561. The van der Waals surface area contributed by atoms with Gasteiger partial charge >= 0.3 is 5.97 Å². The minimum absolute atomic E-state index is 0.0134. The molecule has 1 aliphatic rings. The summed E-state index contributed by atoms with van der Waals surface area (Å²) in [6, 6.07) is 0. The van der Waals surface area contributed by atoms with Gasteiger partial charge in [0.1, 0.15) is 0 Å². The van der Waals surface area contributed by atoms with Crippen LogP contribution in [0, 0.1) is 5.92 Å². The van der Waals surface area contributed by atoms with Crippen molar-refractivity contribution in [2.45, 2.75) is 18.9 Å². The van der Waals surface area contributed by atoms with Crippen molar-refractivity contribution < 1.29 is 19.7 Å². The summed E-state index contributed by atoms with van der Waals surface area (Å²) in [5.74, 6) is -1.02. The summed E-state index contributed by atoms with van der Waals surface area (Å²) in [6.45, 7) is 2.07. The Labute approximate surface area is 64.8 Å². The topological polar surface area (TPSA) is 70.1 Å². The van der Waals surface area contributed by atoms with Gasteiger partial charge in [-0.25, -0.2) is 4.79 Å². The molecule has 0 aliphatic carbocycles. The van der Waals surface area contributed by atoms with E-state index in [1.54, 1.807) is 6.92 Å². The van der Waals surface area contributed by atoms with Gasteiger partial charge < -0.3 is 14.9 Å². The molecule has 1 fully saturated rings. The number of carboxylic acid groups (broad SMARTS) is 1. The molecule has 11 heavy (non-hydrogen) atoms. The van der Waals surface area contributed by atoms with Gasteiger partial charge in [-0.1, -0.05) is 6.92 Å². The fourth-order valence-electron chi connectivity index (χ4n) is 1.12. The summed E-state index contributed by atoms with van der Waals surface area (Å²) in [4.78, 5) is 10.6. The van der Waals surface area contributed by atoms with Crippen LogP contribution in [0.2, 0.25) is 0 Å². The van der Waals surface area contributed by atoms with E-state index in [9.17, 15) is 4.79 Å². The molecule has 0 spiro atoms. The molecule has 0 saturated carbocycles. The predicted molar refractivity (Wildman–Crippen MR) is 37.2 cm³/mol. The van der Waals surface area contributed by atoms with Gasteiger partial charge in [0.15, 0.2) is 5.60 Å². The predicted octanol–water partition coefficient (Wildman–Crippen LogP) is -0.142. The molecular formula is C7H12O4. The Balaban J connectivity index is 2.51. The van der Waals surface area contributed by atoms with Crippen LogP contribution in [0.1, 0.15) is 13.3 Å². The molecule has 0 bridgehead atoms. The Kier molecular flexibility index (Phi) is 2.15. The number of rotatable bonds is 4. The molecule has 2 N–H and O–H groups in total. The summed E-state index contributed by atoms with van der Waals surface area (Å²) in [5.41, 5.74) is -0.983. The summed E-state index contributed by atoms with van der Waals surface area (Å²) in [7, 11) is 0. The maximum absolute atomic E-state index is 10.6. The highest BCUT2D eigenvalue weighted by molar-refractivity contribution is 5.80. The van der Waals surface area contributed by atoms with Gasteiger partial charge in [0.2, 0.25) is 0 Å². The first-order valence-corrected chi connectivity index (χ1v) is 3.61. The standard InChI is InChI=1S/C7H12O4/c1-5(2-3-8)7(4-11-7)6(9)10/h5,8H,2-4H2,1H3,(H,9,10)/t5-,7-/m1/s1. The third-order valence-electron chi connectivity index (χ3n) is 2.18. The van der Waals surface area contributed by atoms with Crippen molar-refractivity contribution in [2.24, 2.45) is 5.92 Å². The molecule has 0 unspecified atom stereocenters. The molecule has 0 aromatic carbocycles. The van der Waals surface area contributed by atoms with E-state index in [1.807, 2.05) is 0 Å². The molecule has 0 radical (unpaired) electrons. The van der Waals surface area contributed by atoms with Gasteiger partial charge in [0.05, 0.1) is 6.61 Å². The second kappa shape index (κ2) is 2.79. The van der Waals surface area contributed by atoms with Crippen LogP contribution < -0.4 is 0 Å². The van der Waals surface area contributed by atoms with Crippen LogP contribution >= 0.6 is 0 Å². The first kappa shape index (κ1) is 8.49. The zero-order valence-electron chi connectivity index (χ0n) is 6.41. The first-order valence-electron chi connectivity index (χ1n) is 3.61. The molecule has 0 aromatic heterocycles. The first-order chi connectivity index (χ1) is 5.13. The third-order valence-corrected chi connectivity index (χ3v) is 2.18. The van der Waals surface area contributed by atoms with Gasteiger partial charge in [-0.2, -0.15) is 0 Å². The van der Waals surface area contributed by atoms with E-state index in [-0.39, 0.29) is 19.1 Å². The maximum atomic E-state index is 10.6. The molecule has 4 heteroatoms. The van der Waals surface area contributed by atoms with Crippen molar-refractivity contribution in [2.75, 3.05) is 13.2 Å². The van der Waals surface area contributed by atoms with Crippen molar-refractivity contribution in [3.63, 3.8) is 0 Å². The minimum Gasteiger partial charge on any atom is -0.479 e. The van der Waals surface area contributed by atoms with Crippen LogP contribution in [0.3, 0.4) is 0 Å². The Morgan fingerprint density at radius 2 is 2.36 bits per heavy atom. The summed E-state index contributed by atoms with van der Waals surface area (Å²) >= 11 is 0. The van der Waals surface area contributed by atoms with Gasteiger partial charge in [0, 0.05) is 12.5 Å². The number of aliphatic hydroxyl groups is 1. The lowest BCUT2D eigenvalue weighted by Gasteiger charge is -2.13. The molecular weight excluding hydrogens is 148 g/mol. The zero-order chi connectivity index (χ0) is 8.48. The van der Waals surface area contributed by atoms with E-state index in [1.165, 1.54) is 0 Å². The Hall–Kier alpha value is -0.610. The Bertz CT molecular complexity index is 162. The third kappa shape index (κ3) is 1.36. The number of aliphatic hydroxyl groups excluding tert-OH is 1. The molecule has 1 rings (SSSR count). The number of epoxide rings is 1. The molecule has 1 aliphatic heterocycles. The van der Waals surface area contributed by atoms with Gasteiger partial charge in [-0.05, 0) is 6.42 Å². The summed E-state index contributed by atoms with van der Waals surface area (Å²) < 4.78 is 4.86. The average molecular weight is 160 g/mol. The lowest BCUT2D eigenvalue weighted by atomic mass is 9.92. The lowest BCUT2D eigenvalue weighted by molar-refractivity contribution is -0.145. The SMILES string of the molecule is C[C@H](CCO)[C@@]1(C(=O)O)CO1. The number of hydrogen-bond acceptors (Lipinski definition) is 3. The van der Waals surface area contributed by atoms with Crippen LogP contribution in [-0.2, 0) is 9.53 Å². The second-order valence-electron chi connectivity index (χ2n) is 2.90.